The Labute approximate surface area is 62.8 Å². The highest BCUT2D eigenvalue weighted by Crippen LogP contribution is 2.30. The van der Waals surface area contributed by atoms with Gasteiger partial charge in [0.1, 0.15) is 11.1 Å². The molecule has 4 heteroatoms. The van der Waals surface area contributed by atoms with Crippen molar-refractivity contribution in [2.75, 3.05) is 5.73 Å². The van der Waals surface area contributed by atoms with Crippen molar-refractivity contribution >= 4 is 16.3 Å². The summed E-state index contributed by atoms with van der Waals surface area (Å²) in [6.07, 6.45) is 4.38. The summed E-state index contributed by atoms with van der Waals surface area (Å²) >= 11 is 1.40. The Morgan fingerprint density at radius 1 is 1.70 bits per heavy atom. The van der Waals surface area contributed by atoms with E-state index in [4.69, 9.17) is 10.5 Å². The summed E-state index contributed by atoms with van der Waals surface area (Å²) in [5, 5.41) is 1.43. The van der Waals surface area contributed by atoms with Gasteiger partial charge in [-0.2, -0.15) is 0 Å². The van der Waals surface area contributed by atoms with Crippen LogP contribution in [0.25, 0.3) is 0 Å². The Hall–Kier alpha value is -0.770. The number of ether oxygens (including phenoxy) is 1. The van der Waals surface area contributed by atoms with Crippen LogP contribution in [0.2, 0.25) is 0 Å². The van der Waals surface area contributed by atoms with Crippen LogP contribution in [-0.4, -0.2) is 11.1 Å². The average Bonchev–Trinajstić information content (AvgIpc) is 2.59. The van der Waals surface area contributed by atoms with Crippen LogP contribution in [0.15, 0.2) is 6.20 Å². The normalized spacial score (nSPS) is 17.2. The molecule has 2 rings (SSSR count). The van der Waals surface area contributed by atoms with Crippen LogP contribution in [0.5, 0.6) is 5.19 Å². The fourth-order valence-electron chi connectivity index (χ4n) is 0.653. The third kappa shape index (κ3) is 1.21. The fraction of sp³-hybridized carbons (Fsp3) is 0.500. The van der Waals surface area contributed by atoms with Crippen molar-refractivity contribution in [1.82, 2.24) is 4.98 Å². The van der Waals surface area contributed by atoms with E-state index in [0.717, 1.165) is 5.00 Å². The van der Waals surface area contributed by atoms with Gasteiger partial charge in [-0.05, 0) is 12.8 Å². The highest BCUT2D eigenvalue weighted by Gasteiger charge is 2.24. The van der Waals surface area contributed by atoms with Crippen molar-refractivity contribution in [3.05, 3.63) is 6.20 Å². The quantitative estimate of drug-likeness (QED) is 0.701. The molecule has 1 fully saturated rings. The molecule has 1 aliphatic rings. The van der Waals surface area contributed by atoms with E-state index in [9.17, 15) is 0 Å². The average molecular weight is 156 g/mol. The molecule has 0 saturated heterocycles. The van der Waals surface area contributed by atoms with E-state index >= 15 is 0 Å². The Balaban J connectivity index is 2.03. The molecule has 1 aromatic heterocycles. The molecule has 3 nitrogen and oxygen atoms in total. The molecule has 54 valence electrons. The number of hydrogen-bond donors (Lipinski definition) is 1. The summed E-state index contributed by atoms with van der Waals surface area (Å²) in [5.74, 6) is 0. The third-order valence-electron chi connectivity index (χ3n) is 1.29. The lowest BCUT2D eigenvalue weighted by Crippen LogP contribution is -1.93. The first-order valence-corrected chi connectivity index (χ1v) is 4.04. The van der Waals surface area contributed by atoms with Gasteiger partial charge in [-0.25, -0.2) is 4.98 Å². The maximum absolute atomic E-state index is 5.45. The molecule has 1 heterocycles. The fourth-order valence-corrected chi connectivity index (χ4v) is 1.25. The van der Waals surface area contributed by atoms with Crippen LogP contribution >= 0.6 is 11.3 Å². The molecule has 1 aromatic rings. The van der Waals surface area contributed by atoms with E-state index in [1.807, 2.05) is 0 Å². The molecular weight excluding hydrogens is 148 g/mol. The maximum atomic E-state index is 5.45. The molecule has 0 bridgehead atoms. The minimum atomic E-state index is 0.422. The van der Waals surface area contributed by atoms with Gasteiger partial charge in [0.05, 0.1) is 6.20 Å². The minimum absolute atomic E-state index is 0.422. The third-order valence-corrected chi connectivity index (χ3v) is 2.01. The first kappa shape index (κ1) is 5.97. The van der Waals surface area contributed by atoms with Crippen LogP contribution < -0.4 is 10.5 Å². The molecule has 0 radical (unpaired) electrons. The maximum Gasteiger partial charge on any atom is 0.275 e. The smallest absolute Gasteiger partial charge is 0.275 e. The molecule has 0 aromatic carbocycles. The SMILES string of the molecule is Nc1cnc(OC2CC2)s1. The first-order valence-electron chi connectivity index (χ1n) is 3.22. The van der Waals surface area contributed by atoms with Crippen molar-refractivity contribution in [3.63, 3.8) is 0 Å². The number of nitrogens with two attached hydrogens (primary N) is 1. The summed E-state index contributed by atoms with van der Waals surface area (Å²) in [6, 6.07) is 0. The zero-order valence-electron chi connectivity index (χ0n) is 5.41. The van der Waals surface area contributed by atoms with Gasteiger partial charge < -0.3 is 10.5 Å². The second-order valence-electron chi connectivity index (χ2n) is 2.35. The van der Waals surface area contributed by atoms with Crippen LogP contribution in [0.3, 0.4) is 0 Å². The summed E-state index contributed by atoms with van der Waals surface area (Å²) in [7, 11) is 0. The van der Waals surface area contributed by atoms with Gasteiger partial charge in [0, 0.05) is 0 Å². The van der Waals surface area contributed by atoms with Crippen LogP contribution in [0.1, 0.15) is 12.8 Å². The van der Waals surface area contributed by atoms with Gasteiger partial charge in [0.2, 0.25) is 0 Å². The zero-order chi connectivity index (χ0) is 6.97. The van der Waals surface area contributed by atoms with Gasteiger partial charge in [-0.1, -0.05) is 11.3 Å². The van der Waals surface area contributed by atoms with Gasteiger partial charge in [-0.15, -0.1) is 0 Å². The second kappa shape index (κ2) is 2.12. The van der Waals surface area contributed by atoms with Crippen molar-refractivity contribution < 1.29 is 4.74 Å². The molecule has 0 aliphatic heterocycles. The Bertz CT molecular complexity index is 231. The molecule has 2 N–H and O–H groups in total. The molecule has 0 spiro atoms. The van der Waals surface area contributed by atoms with Gasteiger partial charge in [0.15, 0.2) is 0 Å². The lowest BCUT2D eigenvalue weighted by Gasteiger charge is -1.94. The summed E-state index contributed by atoms with van der Waals surface area (Å²) in [6.45, 7) is 0. The predicted octanol–water partition coefficient (Wildman–Crippen LogP) is 1.27. The number of thiazole rings is 1. The first-order chi connectivity index (χ1) is 4.84. The van der Waals surface area contributed by atoms with Crippen molar-refractivity contribution in [2.24, 2.45) is 0 Å². The van der Waals surface area contributed by atoms with E-state index in [1.54, 1.807) is 6.20 Å². The highest BCUT2D eigenvalue weighted by atomic mass is 32.1. The standard InChI is InChI=1S/C6H8N2OS/c7-5-3-8-6(10-5)9-4-1-2-4/h3-4H,1-2,7H2. The number of aromatic nitrogens is 1. The highest BCUT2D eigenvalue weighted by molar-refractivity contribution is 7.17. The molecule has 0 unspecified atom stereocenters. The number of nitrogen functional groups attached to an aromatic ring is 1. The monoisotopic (exact) mass is 156 g/mol. The van der Waals surface area contributed by atoms with Crippen LogP contribution in [0, 0.1) is 0 Å². The lowest BCUT2D eigenvalue weighted by molar-refractivity contribution is 0.301. The van der Waals surface area contributed by atoms with Crippen molar-refractivity contribution in [2.45, 2.75) is 18.9 Å². The predicted molar refractivity (Wildman–Crippen MR) is 40.2 cm³/mol. The van der Waals surface area contributed by atoms with E-state index < -0.39 is 0 Å². The van der Waals surface area contributed by atoms with Gasteiger partial charge >= 0.3 is 0 Å². The zero-order valence-corrected chi connectivity index (χ0v) is 6.23. The van der Waals surface area contributed by atoms with E-state index in [-0.39, 0.29) is 0 Å². The molecule has 0 amide bonds. The Kier molecular flexibility index (Phi) is 1.27. The second-order valence-corrected chi connectivity index (χ2v) is 3.37. The van der Waals surface area contributed by atoms with E-state index in [0.29, 0.717) is 11.3 Å². The van der Waals surface area contributed by atoms with Crippen LogP contribution in [0.4, 0.5) is 5.00 Å². The van der Waals surface area contributed by atoms with Gasteiger partial charge in [-0.3, -0.25) is 0 Å². The van der Waals surface area contributed by atoms with E-state index in [1.165, 1.54) is 24.2 Å². The number of rotatable bonds is 2. The molecule has 1 aliphatic carbocycles. The molecule has 10 heavy (non-hydrogen) atoms. The molecule has 0 atom stereocenters. The van der Waals surface area contributed by atoms with Crippen LogP contribution in [-0.2, 0) is 0 Å². The van der Waals surface area contributed by atoms with Crippen molar-refractivity contribution in [3.8, 4) is 5.19 Å². The Morgan fingerprint density at radius 3 is 3.00 bits per heavy atom. The van der Waals surface area contributed by atoms with E-state index in [2.05, 4.69) is 4.98 Å². The summed E-state index contributed by atoms with van der Waals surface area (Å²) < 4.78 is 5.37. The number of anilines is 1. The summed E-state index contributed by atoms with van der Waals surface area (Å²) in [5.41, 5.74) is 5.45. The number of hydrogen-bond acceptors (Lipinski definition) is 4. The minimum Gasteiger partial charge on any atom is -0.467 e. The summed E-state index contributed by atoms with van der Waals surface area (Å²) in [4.78, 5) is 3.97. The largest absolute Gasteiger partial charge is 0.467 e. The Morgan fingerprint density at radius 2 is 2.50 bits per heavy atom. The molecular formula is C6H8N2OS. The topological polar surface area (TPSA) is 48.1 Å². The number of nitrogens with zero attached hydrogens (tertiary/aromatic N) is 1. The molecule has 1 saturated carbocycles. The lowest BCUT2D eigenvalue weighted by atomic mass is 10.8. The van der Waals surface area contributed by atoms with Crippen molar-refractivity contribution in [1.29, 1.82) is 0 Å². The van der Waals surface area contributed by atoms with Gasteiger partial charge in [0.25, 0.3) is 5.19 Å².